The average Bonchev–Trinajstić information content (AvgIpc) is 2.75. The fourth-order valence-electron chi connectivity index (χ4n) is 0.866. The topological polar surface area (TPSA) is 24.4 Å². The van der Waals surface area contributed by atoms with Gasteiger partial charge in [-0.3, -0.25) is 5.43 Å². The molecule has 0 aliphatic rings. The number of hydrazone groups is 1. The third kappa shape index (κ3) is 2.40. The summed E-state index contributed by atoms with van der Waals surface area (Å²) in [6.45, 7) is 0. The average molecular weight is 208 g/mol. The fourth-order valence-corrected chi connectivity index (χ4v) is 2.02. The minimum absolute atomic E-state index is 1.06. The van der Waals surface area contributed by atoms with Crippen molar-refractivity contribution < 1.29 is 0 Å². The van der Waals surface area contributed by atoms with E-state index in [1.807, 2.05) is 41.2 Å². The predicted octanol–water partition coefficient (Wildman–Crippen LogP) is 3.26. The lowest BCUT2D eigenvalue weighted by Gasteiger charge is -1.91. The minimum atomic E-state index is 1.06. The molecule has 0 atom stereocenters. The van der Waals surface area contributed by atoms with Gasteiger partial charge < -0.3 is 0 Å². The number of nitrogens with zero attached hydrogens (tertiary/aromatic N) is 1. The Labute approximate surface area is 84.5 Å². The van der Waals surface area contributed by atoms with Gasteiger partial charge in [0.2, 0.25) is 0 Å². The van der Waals surface area contributed by atoms with Crippen LogP contribution in [0.1, 0.15) is 4.88 Å². The Morgan fingerprint density at radius 1 is 1.15 bits per heavy atom. The lowest BCUT2D eigenvalue weighted by molar-refractivity contribution is 1.39. The third-order valence-corrected chi connectivity index (χ3v) is 3.01. The maximum Gasteiger partial charge on any atom is 0.109 e. The Kier molecular flexibility index (Phi) is 2.74. The standard InChI is InChI=1S/C9H8N2S2/c1-3-8(12-5-1)7-10-11-9-4-2-6-13-9/h1-7,11H. The van der Waals surface area contributed by atoms with Gasteiger partial charge in [0.25, 0.3) is 0 Å². The second-order valence-electron chi connectivity index (χ2n) is 2.36. The van der Waals surface area contributed by atoms with Crippen molar-refractivity contribution in [3.63, 3.8) is 0 Å². The molecule has 0 aliphatic carbocycles. The van der Waals surface area contributed by atoms with Crippen LogP contribution in [0, 0.1) is 0 Å². The fraction of sp³-hybridized carbons (Fsp3) is 0. The molecular weight excluding hydrogens is 200 g/mol. The van der Waals surface area contributed by atoms with Crippen LogP contribution >= 0.6 is 22.7 Å². The van der Waals surface area contributed by atoms with Crippen molar-refractivity contribution in [2.75, 3.05) is 5.43 Å². The van der Waals surface area contributed by atoms with Crippen molar-refractivity contribution in [1.82, 2.24) is 0 Å². The van der Waals surface area contributed by atoms with Crippen molar-refractivity contribution in [3.8, 4) is 0 Å². The number of anilines is 1. The number of rotatable bonds is 3. The molecule has 2 heterocycles. The van der Waals surface area contributed by atoms with E-state index >= 15 is 0 Å². The number of nitrogens with one attached hydrogen (secondary N) is 1. The molecular formula is C9H8N2S2. The van der Waals surface area contributed by atoms with Crippen molar-refractivity contribution in [2.45, 2.75) is 0 Å². The molecule has 0 fully saturated rings. The highest BCUT2D eigenvalue weighted by Gasteiger charge is 1.88. The van der Waals surface area contributed by atoms with E-state index < -0.39 is 0 Å². The SMILES string of the molecule is C(=NNc1cccs1)c1cccs1. The number of thiophene rings is 2. The van der Waals surface area contributed by atoms with Crippen LogP contribution in [0.5, 0.6) is 0 Å². The molecule has 1 N–H and O–H groups in total. The summed E-state index contributed by atoms with van der Waals surface area (Å²) in [4.78, 5) is 1.16. The maximum absolute atomic E-state index is 4.10. The molecule has 66 valence electrons. The van der Waals surface area contributed by atoms with Crippen LogP contribution in [0.4, 0.5) is 5.00 Å². The molecule has 2 rings (SSSR count). The molecule has 0 amide bonds. The highest BCUT2D eigenvalue weighted by Crippen LogP contribution is 2.14. The smallest absolute Gasteiger partial charge is 0.109 e. The van der Waals surface area contributed by atoms with Gasteiger partial charge in [0.1, 0.15) is 5.00 Å². The summed E-state index contributed by atoms with van der Waals surface area (Å²) in [5.74, 6) is 0. The molecule has 4 heteroatoms. The molecule has 0 aromatic carbocycles. The largest absolute Gasteiger partial charge is 0.269 e. The van der Waals surface area contributed by atoms with E-state index in [0.717, 1.165) is 9.88 Å². The summed E-state index contributed by atoms with van der Waals surface area (Å²) in [5.41, 5.74) is 2.96. The summed E-state index contributed by atoms with van der Waals surface area (Å²) >= 11 is 3.31. The zero-order valence-electron chi connectivity index (χ0n) is 6.81. The lowest BCUT2D eigenvalue weighted by atomic mass is 10.5. The van der Waals surface area contributed by atoms with Crippen LogP contribution in [-0.4, -0.2) is 6.21 Å². The normalized spacial score (nSPS) is 10.8. The third-order valence-electron chi connectivity index (χ3n) is 1.43. The molecule has 0 saturated carbocycles. The molecule has 0 aliphatic heterocycles. The molecule has 0 radical (unpaired) electrons. The first-order valence-corrected chi connectivity index (χ1v) is 5.57. The van der Waals surface area contributed by atoms with E-state index in [1.54, 1.807) is 22.7 Å². The van der Waals surface area contributed by atoms with Gasteiger partial charge >= 0.3 is 0 Å². The molecule has 13 heavy (non-hydrogen) atoms. The molecule has 0 bridgehead atoms. The van der Waals surface area contributed by atoms with Crippen LogP contribution in [0.3, 0.4) is 0 Å². The van der Waals surface area contributed by atoms with Crippen LogP contribution in [-0.2, 0) is 0 Å². The summed E-state index contributed by atoms with van der Waals surface area (Å²) < 4.78 is 0. The first-order chi connectivity index (χ1) is 6.45. The Balaban J connectivity index is 1.93. The lowest BCUT2D eigenvalue weighted by Crippen LogP contribution is -1.84. The maximum atomic E-state index is 4.10. The van der Waals surface area contributed by atoms with Gasteiger partial charge in [-0.05, 0) is 29.0 Å². The zero-order valence-corrected chi connectivity index (χ0v) is 8.44. The summed E-state index contributed by atoms with van der Waals surface area (Å²) in [6.07, 6.45) is 1.82. The molecule has 2 aromatic rings. The Hall–Kier alpha value is -1.13. The summed E-state index contributed by atoms with van der Waals surface area (Å²) in [7, 11) is 0. The quantitative estimate of drug-likeness (QED) is 0.607. The van der Waals surface area contributed by atoms with Crippen LogP contribution < -0.4 is 5.43 Å². The van der Waals surface area contributed by atoms with Crippen molar-refractivity contribution in [3.05, 3.63) is 39.9 Å². The Morgan fingerprint density at radius 2 is 2.00 bits per heavy atom. The zero-order chi connectivity index (χ0) is 8.93. The van der Waals surface area contributed by atoms with Gasteiger partial charge in [0.15, 0.2) is 0 Å². The highest BCUT2D eigenvalue weighted by molar-refractivity contribution is 7.14. The van der Waals surface area contributed by atoms with Gasteiger partial charge in [-0.2, -0.15) is 5.10 Å². The van der Waals surface area contributed by atoms with Crippen molar-refractivity contribution in [1.29, 1.82) is 0 Å². The molecule has 0 spiro atoms. The van der Waals surface area contributed by atoms with Crippen LogP contribution in [0.2, 0.25) is 0 Å². The Morgan fingerprint density at radius 3 is 2.69 bits per heavy atom. The second kappa shape index (κ2) is 4.20. The number of hydrogen-bond donors (Lipinski definition) is 1. The monoisotopic (exact) mass is 208 g/mol. The van der Waals surface area contributed by atoms with E-state index in [2.05, 4.69) is 10.5 Å². The molecule has 0 unspecified atom stereocenters. The van der Waals surface area contributed by atoms with Gasteiger partial charge in [0.05, 0.1) is 6.21 Å². The number of hydrogen-bond acceptors (Lipinski definition) is 4. The summed E-state index contributed by atoms with van der Waals surface area (Å²) in [5, 5.41) is 9.22. The van der Waals surface area contributed by atoms with E-state index in [9.17, 15) is 0 Å². The van der Waals surface area contributed by atoms with Gasteiger partial charge in [0, 0.05) is 4.88 Å². The second-order valence-corrected chi connectivity index (χ2v) is 4.29. The summed E-state index contributed by atoms with van der Waals surface area (Å²) in [6, 6.07) is 8.03. The van der Waals surface area contributed by atoms with E-state index in [-0.39, 0.29) is 0 Å². The molecule has 0 saturated heterocycles. The molecule has 2 aromatic heterocycles. The Bertz CT molecular complexity index is 362. The first-order valence-electron chi connectivity index (χ1n) is 3.81. The van der Waals surface area contributed by atoms with Crippen LogP contribution in [0.25, 0.3) is 0 Å². The van der Waals surface area contributed by atoms with E-state index in [4.69, 9.17) is 0 Å². The van der Waals surface area contributed by atoms with Gasteiger partial charge in [-0.15, -0.1) is 22.7 Å². The van der Waals surface area contributed by atoms with Gasteiger partial charge in [-0.25, -0.2) is 0 Å². The van der Waals surface area contributed by atoms with E-state index in [1.165, 1.54) is 0 Å². The minimum Gasteiger partial charge on any atom is -0.269 e. The van der Waals surface area contributed by atoms with Gasteiger partial charge in [-0.1, -0.05) is 6.07 Å². The molecule has 2 nitrogen and oxygen atoms in total. The van der Waals surface area contributed by atoms with Crippen molar-refractivity contribution >= 4 is 33.9 Å². The first kappa shape index (κ1) is 8.47. The highest BCUT2D eigenvalue weighted by atomic mass is 32.1. The van der Waals surface area contributed by atoms with Crippen LogP contribution in [0.15, 0.2) is 40.1 Å². The predicted molar refractivity (Wildman–Crippen MR) is 59.9 cm³/mol. The van der Waals surface area contributed by atoms with Crippen molar-refractivity contribution in [2.24, 2.45) is 5.10 Å². The van der Waals surface area contributed by atoms with E-state index in [0.29, 0.717) is 0 Å².